The summed E-state index contributed by atoms with van der Waals surface area (Å²) in [5.41, 5.74) is 3.32. The van der Waals surface area contributed by atoms with Gasteiger partial charge >= 0.3 is 0 Å². The Morgan fingerprint density at radius 2 is 2.00 bits per heavy atom. The van der Waals surface area contributed by atoms with E-state index in [9.17, 15) is 0 Å². The van der Waals surface area contributed by atoms with Gasteiger partial charge in [0, 0.05) is 6.54 Å². The molecule has 1 aliphatic carbocycles. The Balaban J connectivity index is 1.62. The van der Waals surface area contributed by atoms with Crippen LogP contribution in [0.2, 0.25) is 0 Å². The molecular formula is C17H21N3O. The van der Waals surface area contributed by atoms with Crippen LogP contribution in [-0.2, 0) is 13.2 Å². The first kappa shape index (κ1) is 14.0. The van der Waals surface area contributed by atoms with Gasteiger partial charge in [-0.05, 0) is 29.9 Å². The first-order chi connectivity index (χ1) is 10.3. The van der Waals surface area contributed by atoms with Crippen molar-refractivity contribution in [3.8, 4) is 0 Å². The molecule has 0 unspecified atom stereocenters. The first-order valence-corrected chi connectivity index (χ1v) is 7.59. The van der Waals surface area contributed by atoms with Crippen molar-refractivity contribution >= 4 is 5.82 Å². The second kappa shape index (κ2) is 6.68. The Labute approximate surface area is 125 Å². The summed E-state index contributed by atoms with van der Waals surface area (Å²) in [4.78, 5) is 8.35. The SMILES string of the molecule is OCc1cnc(NCc2cccc(C3CCCC3)c2)cn1. The van der Waals surface area contributed by atoms with Crippen LogP contribution in [0.25, 0.3) is 0 Å². The Bertz CT molecular complexity index is 577. The van der Waals surface area contributed by atoms with Gasteiger partial charge in [-0.3, -0.25) is 4.98 Å². The number of nitrogens with zero attached hydrogens (tertiary/aromatic N) is 2. The molecule has 0 atom stereocenters. The predicted octanol–water partition coefficient (Wildman–Crippen LogP) is 3.24. The normalized spacial score (nSPS) is 15.3. The summed E-state index contributed by atoms with van der Waals surface area (Å²) in [6, 6.07) is 8.83. The fourth-order valence-corrected chi connectivity index (χ4v) is 2.94. The van der Waals surface area contributed by atoms with E-state index in [4.69, 9.17) is 5.11 Å². The van der Waals surface area contributed by atoms with E-state index in [0.29, 0.717) is 5.69 Å². The standard InChI is InChI=1S/C17H21N3O/c21-12-16-10-20-17(11-18-16)19-9-13-4-3-7-15(8-13)14-5-1-2-6-14/h3-4,7-8,10-11,14,21H,1-2,5-6,9,12H2,(H,19,20). The lowest BCUT2D eigenvalue weighted by molar-refractivity contribution is 0.276. The molecule has 1 aromatic carbocycles. The van der Waals surface area contributed by atoms with Gasteiger partial charge in [0.05, 0.1) is 24.7 Å². The molecule has 1 aromatic heterocycles. The zero-order valence-corrected chi connectivity index (χ0v) is 12.1. The molecule has 0 radical (unpaired) electrons. The number of anilines is 1. The van der Waals surface area contributed by atoms with Crippen molar-refractivity contribution in [2.24, 2.45) is 0 Å². The van der Waals surface area contributed by atoms with E-state index in [1.165, 1.54) is 36.8 Å². The number of aliphatic hydroxyl groups is 1. The fraction of sp³-hybridized carbons (Fsp3) is 0.412. The molecular weight excluding hydrogens is 262 g/mol. The molecule has 0 amide bonds. The molecule has 0 bridgehead atoms. The minimum Gasteiger partial charge on any atom is -0.390 e. The van der Waals surface area contributed by atoms with Crippen LogP contribution in [0, 0.1) is 0 Å². The predicted molar refractivity (Wildman–Crippen MR) is 82.9 cm³/mol. The van der Waals surface area contributed by atoms with Crippen LogP contribution in [0.3, 0.4) is 0 Å². The zero-order valence-electron chi connectivity index (χ0n) is 12.1. The van der Waals surface area contributed by atoms with Crippen LogP contribution in [0.4, 0.5) is 5.82 Å². The summed E-state index contributed by atoms with van der Waals surface area (Å²) in [6.07, 6.45) is 8.62. The molecule has 1 heterocycles. The minimum atomic E-state index is -0.0727. The molecule has 4 heteroatoms. The second-order valence-electron chi connectivity index (χ2n) is 5.63. The summed E-state index contributed by atoms with van der Waals surface area (Å²) in [7, 11) is 0. The Hall–Kier alpha value is -1.94. The van der Waals surface area contributed by atoms with E-state index in [2.05, 4.69) is 39.6 Å². The van der Waals surface area contributed by atoms with Crippen molar-refractivity contribution in [1.82, 2.24) is 9.97 Å². The van der Waals surface area contributed by atoms with E-state index < -0.39 is 0 Å². The molecule has 2 aromatic rings. The number of aromatic nitrogens is 2. The van der Waals surface area contributed by atoms with E-state index in [1.807, 2.05) is 0 Å². The van der Waals surface area contributed by atoms with E-state index >= 15 is 0 Å². The van der Waals surface area contributed by atoms with Gasteiger partial charge in [-0.1, -0.05) is 37.1 Å². The molecule has 0 aliphatic heterocycles. The summed E-state index contributed by atoms with van der Waals surface area (Å²) < 4.78 is 0. The maximum absolute atomic E-state index is 8.95. The minimum absolute atomic E-state index is 0.0727. The largest absolute Gasteiger partial charge is 0.390 e. The molecule has 0 saturated heterocycles. The monoisotopic (exact) mass is 283 g/mol. The third-order valence-corrected chi connectivity index (χ3v) is 4.12. The highest BCUT2D eigenvalue weighted by atomic mass is 16.3. The highest BCUT2D eigenvalue weighted by molar-refractivity contribution is 5.34. The molecule has 1 aliphatic rings. The van der Waals surface area contributed by atoms with Crippen molar-refractivity contribution in [2.45, 2.75) is 44.8 Å². The lowest BCUT2D eigenvalue weighted by Crippen LogP contribution is -2.03. The van der Waals surface area contributed by atoms with Crippen molar-refractivity contribution in [2.75, 3.05) is 5.32 Å². The summed E-state index contributed by atoms with van der Waals surface area (Å²) in [6.45, 7) is 0.671. The highest BCUT2D eigenvalue weighted by Crippen LogP contribution is 2.34. The maximum Gasteiger partial charge on any atom is 0.144 e. The Morgan fingerprint density at radius 1 is 1.14 bits per heavy atom. The van der Waals surface area contributed by atoms with Crippen LogP contribution < -0.4 is 5.32 Å². The van der Waals surface area contributed by atoms with Crippen molar-refractivity contribution < 1.29 is 5.11 Å². The molecule has 3 rings (SSSR count). The Morgan fingerprint density at radius 3 is 2.71 bits per heavy atom. The van der Waals surface area contributed by atoms with E-state index in [1.54, 1.807) is 12.4 Å². The first-order valence-electron chi connectivity index (χ1n) is 7.59. The quantitative estimate of drug-likeness (QED) is 0.884. The van der Waals surface area contributed by atoms with Gasteiger partial charge < -0.3 is 10.4 Å². The van der Waals surface area contributed by atoms with Crippen molar-refractivity contribution in [3.05, 3.63) is 53.5 Å². The topological polar surface area (TPSA) is 58.0 Å². The number of rotatable bonds is 5. The highest BCUT2D eigenvalue weighted by Gasteiger charge is 2.16. The van der Waals surface area contributed by atoms with Gasteiger partial charge in [0.1, 0.15) is 5.82 Å². The summed E-state index contributed by atoms with van der Waals surface area (Å²) in [5, 5.41) is 12.2. The van der Waals surface area contributed by atoms with Crippen LogP contribution >= 0.6 is 0 Å². The molecule has 0 spiro atoms. The number of nitrogens with one attached hydrogen (secondary N) is 1. The summed E-state index contributed by atoms with van der Waals surface area (Å²) in [5.74, 6) is 1.48. The van der Waals surface area contributed by atoms with Crippen LogP contribution in [0.5, 0.6) is 0 Å². The van der Waals surface area contributed by atoms with E-state index in [-0.39, 0.29) is 6.61 Å². The van der Waals surface area contributed by atoms with Crippen LogP contribution in [0.15, 0.2) is 36.7 Å². The second-order valence-corrected chi connectivity index (χ2v) is 5.63. The van der Waals surface area contributed by atoms with E-state index in [0.717, 1.165) is 18.3 Å². The van der Waals surface area contributed by atoms with Crippen molar-refractivity contribution in [1.29, 1.82) is 0 Å². The molecule has 1 fully saturated rings. The van der Waals surface area contributed by atoms with Gasteiger partial charge in [0.25, 0.3) is 0 Å². The maximum atomic E-state index is 8.95. The molecule has 110 valence electrons. The number of hydrogen-bond donors (Lipinski definition) is 2. The molecule has 4 nitrogen and oxygen atoms in total. The Kier molecular flexibility index (Phi) is 4.46. The van der Waals surface area contributed by atoms with Gasteiger partial charge in [-0.15, -0.1) is 0 Å². The zero-order chi connectivity index (χ0) is 14.5. The number of benzene rings is 1. The van der Waals surface area contributed by atoms with Gasteiger partial charge in [0.15, 0.2) is 0 Å². The lowest BCUT2D eigenvalue weighted by atomic mass is 9.96. The third-order valence-electron chi connectivity index (χ3n) is 4.12. The molecule has 21 heavy (non-hydrogen) atoms. The molecule has 2 N–H and O–H groups in total. The number of hydrogen-bond acceptors (Lipinski definition) is 4. The average molecular weight is 283 g/mol. The smallest absolute Gasteiger partial charge is 0.144 e. The average Bonchev–Trinajstić information content (AvgIpc) is 3.08. The summed E-state index contributed by atoms with van der Waals surface area (Å²) >= 11 is 0. The lowest BCUT2D eigenvalue weighted by Gasteiger charge is -2.12. The van der Waals surface area contributed by atoms with Gasteiger partial charge in [-0.2, -0.15) is 0 Å². The third kappa shape index (κ3) is 3.58. The van der Waals surface area contributed by atoms with Crippen LogP contribution in [-0.4, -0.2) is 15.1 Å². The van der Waals surface area contributed by atoms with Gasteiger partial charge in [0.2, 0.25) is 0 Å². The van der Waals surface area contributed by atoms with Crippen molar-refractivity contribution in [3.63, 3.8) is 0 Å². The van der Waals surface area contributed by atoms with Gasteiger partial charge in [-0.25, -0.2) is 4.98 Å². The fourth-order valence-electron chi connectivity index (χ4n) is 2.94. The number of aliphatic hydroxyl groups excluding tert-OH is 1. The molecule has 1 saturated carbocycles. The van der Waals surface area contributed by atoms with Crippen LogP contribution in [0.1, 0.15) is 48.4 Å².